The Morgan fingerprint density at radius 1 is 0.821 bits per heavy atom. The molecule has 0 saturated heterocycles. The number of ketones is 1. The number of hydrogen-bond acceptors (Lipinski definition) is 3. The lowest BCUT2D eigenvalue weighted by Crippen LogP contribution is -2.30. The predicted octanol–water partition coefficient (Wildman–Crippen LogP) is 5.91. The van der Waals surface area contributed by atoms with Crippen LogP contribution in [0.2, 0.25) is 0 Å². The summed E-state index contributed by atoms with van der Waals surface area (Å²) in [5.41, 5.74) is 3.66. The van der Waals surface area contributed by atoms with Crippen LogP contribution in [0.25, 0.3) is 0 Å². The zero-order chi connectivity index (χ0) is 19.9. The van der Waals surface area contributed by atoms with Crippen molar-refractivity contribution in [3.8, 4) is 0 Å². The van der Waals surface area contributed by atoms with Crippen molar-refractivity contribution >= 4 is 22.7 Å². The minimum absolute atomic E-state index is 0.0755. The van der Waals surface area contributed by atoms with Gasteiger partial charge in [-0.2, -0.15) is 0 Å². The van der Waals surface area contributed by atoms with Crippen LogP contribution in [0.3, 0.4) is 0 Å². The number of Topliss-reactive ketones (excluding diaryl/α,β-unsaturated/α-hetero) is 1. The van der Waals surface area contributed by atoms with Crippen molar-refractivity contribution < 1.29 is 9.59 Å². The second-order valence-electron chi connectivity index (χ2n) is 6.70. The second kappa shape index (κ2) is 9.52. The summed E-state index contributed by atoms with van der Waals surface area (Å²) in [6.45, 7) is 3.98. The fourth-order valence-electron chi connectivity index (χ4n) is 3.56. The van der Waals surface area contributed by atoms with E-state index in [0.717, 1.165) is 16.7 Å². The summed E-state index contributed by atoms with van der Waals surface area (Å²) in [6.07, 6.45) is 0. The van der Waals surface area contributed by atoms with E-state index in [1.54, 1.807) is 12.1 Å². The molecule has 0 aromatic heterocycles. The zero-order valence-electron chi connectivity index (χ0n) is 16.2. The third kappa shape index (κ3) is 4.42. The van der Waals surface area contributed by atoms with Crippen LogP contribution in [0.4, 0.5) is 0 Å². The first-order chi connectivity index (χ1) is 13.6. The molecule has 3 heteroatoms. The maximum Gasteiger partial charge on any atom is 0.200 e. The lowest BCUT2D eigenvalue weighted by atomic mass is 9.76. The van der Waals surface area contributed by atoms with Crippen LogP contribution in [-0.2, 0) is 4.79 Å². The molecule has 0 heterocycles. The molecule has 0 radical (unpaired) electrons. The molecule has 0 aliphatic carbocycles. The molecule has 3 aromatic rings. The maximum atomic E-state index is 13.5. The summed E-state index contributed by atoms with van der Waals surface area (Å²) >= 11 is 1.23. The third-order valence-corrected chi connectivity index (χ3v) is 5.72. The van der Waals surface area contributed by atoms with E-state index in [2.05, 4.69) is 0 Å². The maximum absolute atomic E-state index is 13.5. The fraction of sp³-hybridized carbons (Fsp3) is 0.200. The van der Waals surface area contributed by atoms with Crippen molar-refractivity contribution in [2.24, 2.45) is 5.92 Å². The first-order valence-corrected chi connectivity index (χ1v) is 10.5. The molecule has 3 aromatic carbocycles. The van der Waals surface area contributed by atoms with E-state index >= 15 is 0 Å². The van der Waals surface area contributed by atoms with Gasteiger partial charge in [0.1, 0.15) is 5.92 Å². The Balaban J connectivity index is 2.18. The Hall–Kier alpha value is -2.65. The topological polar surface area (TPSA) is 34.1 Å². The molecule has 28 heavy (non-hydrogen) atoms. The number of carbonyl (C=O) groups excluding carboxylic acids is 2. The molecule has 0 aliphatic heterocycles. The zero-order valence-corrected chi connectivity index (χ0v) is 17.0. The molecule has 2 atom stereocenters. The number of benzene rings is 3. The van der Waals surface area contributed by atoms with Gasteiger partial charge in [0.15, 0.2) is 5.78 Å². The van der Waals surface area contributed by atoms with Gasteiger partial charge in [-0.1, -0.05) is 104 Å². The Kier molecular flexibility index (Phi) is 6.83. The largest absolute Gasteiger partial charge is 0.293 e. The molecule has 0 N–H and O–H groups in total. The van der Waals surface area contributed by atoms with Gasteiger partial charge < -0.3 is 0 Å². The molecule has 0 bridgehead atoms. The summed E-state index contributed by atoms with van der Waals surface area (Å²) in [7, 11) is 0. The summed E-state index contributed by atoms with van der Waals surface area (Å²) in [4.78, 5) is 26.7. The average molecular weight is 389 g/mol. The van der Waals surface area contributed by atoms with Crippen molar-refractivity contribution in [3.05, 3.63) is 107 Å². The van der Waals surface area contributed by atoms with E-state index in [9.17, 15) is 9.59 Å². The van der Waals surface area contributed by atoms with Crippen LogP contribution in [0.5, 0.6) is 0 Å². The quantitative estimate of drug-likeness (QED) is 0.373. The predicted molar refractivity (Wildman–Crippen MR) is 117 cm³/mol. The van der Waals surface area contributed by atoms with Crippen molar-refractivity contribution in [2.45, 2.75) is 19.8 Å². The van der Waals surface area contributed by atoms with E-state index in [0.29, 0.717) is 11.3 Å². The summed E-state index contributed by atoms with van der Waals surface area (Å²) in [5, 5.41) is -0.0755. The van der Waals surface area contributed by atoms with Gasteiger partial charge in [-0.3, -0.25) is 9.59 Å². The molecule has 2 nitrogen and oxygen atoms in total. The van der Waals surface area contributed by atoms with Gasteiger partial charge in [0.05, 0.1) is 0 Å². The van der Waals surface area contributed by atoms with Gasteiger partial charge in [-0.15, -0.1) is 0 Å². The number of hydrogen-bond donors (Lipinski definition) is 0. The Morgan fingerprint density at radius 3 is 2.00 bits per heavy atom. The van der Waals surface area contributed by atoms with Crippen LogP contribution >= 0.6 is 11.8 Å². The molecule has 3 rings (SSSR count). The lowest BCUT2D eigenvalue weighted by Gasteiger charge is -2.27. The van der Waals surface area contributed by atoms with Gasteiger partial charge in [0, 0.05) is 11.5 Å². The molecule has 0 amide bonds. The minimum Gasteiger partial charge on any atom is -0.293 e. The van der Waals surface area contributed by atoms with Crippen molar-refractivity contribution in [1.82, 2.24) is 0 Å². The standard InChI is InChI=1S/C25H24O2S/c1-3-28-25(27)23(24(26)20-15-8-5-9-16-20)22(19-13-6-4-7-14-19)21-17-11-10-12-18(21)2/h4-17,22-23H,3H2,1-2H3. The summed E-state index contributed by atoms with van der Waals surface area (Å²) in [6, 6.07) is 27.0. The highest BCUT2D eigenvalue weighted by molar-refractivity contribution is 8.13. The van der Waals surface area contributed by atoms with Crippen LogP contribution < -0.4 is 0 Å². The fourth-order valence-corrected chi connectivity index (χ4v) is 4.26. The van der Waals surface area contributed by atoms with Crippen LogP contribution in [0.15, 0.2) is 84.9 Å². The molecular formula is C25H24O2S. The Labute approximate surface area is 171 Å². The van der Waals surface area contributed by atoms with Gasteiger partial charge in [-0.25, -0.2) is 0 Å². The molecule has 0 spiro atoms. The highest BCUT2D eigenvalue weighted by Crippen LogP contribution is 2.38. The van der Waals surface area contributed by atoms with Gasteiger partial charge >= 0.3 is 0 Å². The monoisotopic (exact) mass is 388 g/mol. The molecule has 0 fully saturated rings. The number of thioether (sulfide) groups is 1. The molecule has 2 unspecified atom stereocenters. The number of rotatable bonds is 7. The highest BCUT2D eigenvalue weighted by Gasteiger charge is 2.37. The lowest BCUT2D eigenvalue weighted by molar-refractivity contribution is -0.113. The van der Waals surface area contributed by atoms with Crippen LogP contribution in [0, 0.1) is 12.8 Å². The first-order valence-electron chi connectivity index (χ1n) is 9.49. The SMILES string of the molecule is CCSC(=O)C(C(=O)c1ccccc1)C(c1ccccc1)c1ccccc1C. The Bertz CT molecular complexity index is 935. The third-order valence-electron chi connectivity index (χ3n) is 4.90. The highest BCUT2D eigenvalue weighted by atomic mass is 32.2. The summed E-state index contributed by atoms with van der Waals surface area (Å²) < 4.78 is 0. The van der Waals surface area contributed by atoms with Crippen molar-refractivity contribution in [3.63, 3.8) is 0 Å². The normalized spacial score (nSPS) is 12.9. The van der Waals surface area contributed by atoms with E-state index in [4.69, 9.17) is 0 Å². The second-order valence-corrected chi connectivity index (χ2v) is 7.97. The van der Waals surface area contributed by atoms with Gasteiger partial charge in [0.2, 0.25) is 5.12 Å². The van der Waals surface area contributed by atoms with E-state index < -0.39 is 5.92 Å². The van der Waals surface area contributed by atoms with Crippen molar-refractivity contribution in [1.29, 1.82) is 0 Å². The molecular weight excluding hydrogens is 364 g/mol. The van der Waals surface area contributed by atoms with Gasteiger partial charge in [-0.05, 0) is 29.4 Å². The van der Waals surface area contributed by atoms with Crippen molar-refractivity contribution in [2.75, 3.05) is 5.75 Å². The van der Waals surface area contributed by atoms with E-state index in [1.807, 2.05) is 86.6 Å². The van der Waals surface area contributed by atoms with E-state index in [1.165, 1.54) is 11.8 Å². The molecule has 0 saturated carbocycles. The average Bonchev–Trinajstić information content (AvgIpc) is 2.73. The first kappa shape index (κ1) is 20.1. The Morgan fingerprint density at radius 2 is 1.39 bits per heavy atom. The molecule has 142 valence electrons. The van der Waals surface area contributed by atoms with E-state index in [-0.39, 0.29) is 16.8 Å². The summed E-state index contributed by atoms with van der Waals surface area (Å²) in [5.74, 6) is -0.562. The number of carbonyl (C=O) groups is 2. The smallest absolute Gasteiger partial charge is 0.200 e. The van der Waals surface area contributed by atoms with Gasteiger partial charge in [0.25, 0.3) is 0 Å². The molecule has 0 aliphatic rings. The van der Waals surface area contributed by atoms with Crippen LogP contribution in [0.1, 0.15) is 39.9 Å². The minimum atomic E-state index is -0.768. The van der Waals surface area contributed by atoms with Crippen LogP contribution in [-0.4, -0.2) is 16.7 Å². The number of aryl methyl sites for hydroxylation is 1.